The van der Waals surface area contributed by atoms with Crippen LogP contribution in [0.15, 0.2) is 95.6 Å². The summed E-state index contributed by atoms with van der Waals surface area (Å²) in [4.78, 5) is 19.6. The minimum absolute atomic E-state index is 0.102. The van der Waals surface area contributed by atoms with Crippen molar-refractivity contribution in [2.45, 2.75) is 39.0 Å². The molecule has 1 N–H and O–H groups in total. The molecule has 1 heterocycles. The maximum atomic E-state index is 12.8. The summed E-state index contributed by atoms with van der Waals surface area (Å²) < 4.78 is 11.1. The van der Waals surface area contributed by atoms with E-state index in [0.29, 0.717) is 19.0 Å². The fourth-order valence-corrected chi connectivity index (χ4v) is 4.03. The molecule has 0 saturated heterocycles. The number of oxazole rings is 1. The number of benzene rings is 3. The lowest BCUT2D eigenvalue weighted by atomic mass is 10.1. The molecule has 0 aliphatic rings. The Labute approximate surface area is 206 Å². The predicted octanol–water partition coefficient (Wildman–Crippen LogP) is 5.94. The molecule has 4 rings (SSSR count). The molecule has 35 heavy (non-hydrogen) atoms. The molecule has 3 aromatic carbocycles. The van der Waals surface area contributed by atoms with Gasteiger partial charge in [-0.2, -0.15) is 0 Å². The molecule has 6 heteroatoms. The Morgan fingerprint density at radius 3 is 2.31 bits per heavy atom. The van der Waals surface area contributed by atoms with E-state index < -0.39 is 0 Å². The number of amides is 1. The SMILES string of the molecule is COc1cccc(CN(Cc2nc(C(=O)N[C@H](C)c3ccccc3)co2)[C@@H](C)c2ccccc2)c1. The minimum Gasteiger partial charge on any atom is -0.497 e. The normalized spacial score (nSPS) is 12.8. The second kappa shape index (κ2) is 11.5. The largest absolute Gasteiger partial charge is 0.497 e. The van der Waals surface area contributed by atoms with Crippen molar-refractivity contribution in [1.29, 1.82) is 0 Å². The van der Waals surface area contributed by atoms with Crippen LogP contribution < -0.4 is 10.1 Å². The summed E-state index contributed by atoms with van der Waals surface area (Å²) >= 11 is 0. The summed E-state index contributed by atoms with van der Waals surface area (Å²) in [5, 5.41) is 2.99. The Balaban J connectivity index is 1.50. The smallest absolute Gasteiger partial charge is 0.273 e. The Bertz CT molecular complexity index is 1220. The van der Waals surface area contributed by atoms with Gasteiger partial charge in [0.1, 0.15) is 12.0 Å². The first-order chi connectivity index (χ1) is 17.0. The van der Waals surface area contributed by atoms with Gasteiger partial charge >= 0.3 is 0 Å². The molecule has 0 aliphatic carbocycles. The number of nitrogens with zero attached hydrogens (tertiary/aromatic N) is 2. The number of hydrogen-bond donors (Lipinski definition) is 1. The molecule has 0 saturated carbocycles. The first-order valence-electron chi connectivity index (χ1n) is 11.8. The van der Waals surface area contributed by atoms with E-state index in [9.17, 15) is 4.79 Å². The summed E-state index contributed by atoms with van der Waals surface area (Å²) in [7, 11) is 1.67. The molecule has 0 unspecified atom stereocenters. The Hall–Kier alpha value is -3.90. The highest BCUT2D eigenvalue weighted by Gasteiger charge is 2.21. The molecule has 1 amide bonds. The highest BCUT2D eigenvalue weighted by molar-refractivity contribution is 5.92. The van der Waals surface area contributed by atoms with Crippen molar-refractivity contribution in [2.24, 2.45) is 0 Å². The summed E-state index contributed by atoms with van der Waals surface area (Å²) in [6.45, 7) is 5.23. The Kier molecular flexibility index (Phi) is 7.95. The minimum atomic E-state index is -0.258. The van der Waals surface area contributed by atoms with E-state index in [2.05, 4.69) is 40.3 Å². The molecule has 4 aromatic rings. The number of methoxy groups -OCH3 is 1. The standard InChI is InChI=1S/C29H31N3O3/c1-21(24-12-6-4-7-13-24)30-29(33)27-20-35-28(31-27)19-32(22(2)25-14-8-5-9-15-25)18-23-11-10-16-26(17-23)34-3/h4-17,20-22H,18-19H2,1-3H3,(H,30,33)/t21-,22+/m1/s1. The zero-order chi connectivity index (χ0) is 24.6. The molecule has 1 aromatic heterocycles. The molecule has 0 bridgehead atoms. The highest BCUT2D eigenvalue weighted by atomic mass is 16.5. The van der Waals surface area contributed by atoms with Gasteiger partial charge in [-0.3, -0.25) is 9.69 Å². The molecular weight excluding hydrogens is 438 g/mol. The van der Waals surface area contributed by atoms with E-state index in [-0.39, 0.29) is 23.7 Å². The third-order valence-corrected chi connectivity index (χ3v) is 6.12. The second-order valence-corrected chi connectivity index (χ2v) is 8.58. The van der Waals surface area contributed by atoms with E-state index in [0.717, 1.165) is 16.9 Å². The molecule has 2 atom stereocenters. The van der Waals surface area contributed by atoms with E-state index in [1.54, 1.807) is 7.11 Å². The molecular formula is C29H31N3O3. The van der Waals surface area contributed by atoms with Gasteiger partial charge in [-0.25, -0.2) is 4.98 Å². The average molecular weight is 470 g/mol. The monoisotopic (exact) mass is 469 g/mol. The van der Waals surface area contributed by atoms with Crippen molar-refractivity contribution in [3.63, 3.8) is 0 Å². The molecule has 0 radical (unpaired) electrons. The number of hydrogen-bond acceptors (Lipinski definition) is 5. The zero-order valence-corrected chi connectivity index (χ0v) is 20.3. The number of carbonyl (C=O) groups excluding carboxylic acids is 1. The van der Waals surface area contributed by atoms with Crippen molar-refractivity contribution in [2.75, 3.05) is 7.11 Å². The van der Waals surface area contributed by atoms with Crippen molar-refractivity contribution < 1.29 is 13.9 Å². The van der Waals surface area contributed by atoms with E-state index in [1.165, 1.54) is 11.8 Å². The lowest BCUT2D eigenvalue weighted by molar-refractivity contribution is 0.0934. The predicted molar refractivity (Wildman–Crippen MR) is 136 cm³/mol. The Morgan fingerprint density at radius 2 is 1.63 bits per heavy atom. The lowest BCUT2D eigenvalue weighted by Crippen LogP contribution is -2.28. The van der Waals surface area contributed by atoms with Crippen LogP contribution in [0.25, 0.3) is 0 Å². The third-order valence-electron chi connectivity index (χ3n) is 6.12. The molecule has 180 valence electrons. The molecule has 0 spiro atoms. The van der Waals surface area contributed by atoms with Gasteiger partial charge in [-0.1, -0.05) is 72.8 Å². The van der Waals surface area contributed by atoms with Crippen LogP contribution >= 0.6 is 0 Å². The van der Waals surface area contributed by atoms with Gasteiger partial charge in [0.2, 0.25) is 5.89 Å². The van der Waals surface area contributed by atoms with Crippen molar-refractivity contribution in [3.05, 3.63) is 119 Å². The maximum Gasteiger partial charge on any atom is 0.273 e. The van der Waals surface area contributed by atoms with Gasteiger partial charge < -0.3 is 14.5 Å². The van der Waals surface area contributed by atoms with Crippen LogP contribution in [0.3, 0.4) is 0 Å². The summed E-state index contributed by atoms with van der Waals surface area (Å²) in [5.41, 5.74) is 3.62. The van der Waals surface area contributed by atoms with Gasteiger partial charge in [-0.05, 0) is 42.7 Å². The van der Waals surface area contributed by atoms with Crippen LogP contribution in [0.2, 0.25) is 0 Å². The Morgan fingerprint density at radius 1 is 0.943 bits per heavy atom. The maximum absolute atomic E-state index is 12.8. The summed E-state index contributed by atoms with van der Waals surface area (Å²) in [6, 6.07) is 28.2. The molecule has 0 fully saturated rings. The highest BCUT2D eigenvalue weighted by Crippen LogP contribution is 2.26. The van der Waals surface area contributed by atoms with Gasteiger partial charge in [0.25, 0.3) is 5.91 Å². The van der Waals surface area contributed by atoms with Crippen LogP contribution in [0.5, 0.6) is 5.75 Å². The van der Waals surface area contributed by atoms with Gasteiger partial charge in [-0.15, -0.1) is 0 Å². The summed E-state index contributed by atoms with van der Waals surface area (Å²) in [6.07, 6.45) is 1.43. The topological polar surface area (TPSA) is 67.6 Å². The van der Waals surface area contributed by atoms with Gasteiger partial charge in [0, 0.05) is 12.6 Å². The van der Waals surface area contributed by atoms with Crippen LogP contribution in [0, 0.1) is 0 Å². The number of nitrogens with one attached hydrogen (secondary N) is 1. The fraction of sp³-hybridized carbons (Fsp3) is 0.241. The van der Waals surface area contributed by atoms with Crippen LogP contribution in [0.1, 0.15) is 59.0 Å². The second-order valence-electron chi connectivity index (χ2n) is 8.58. The number of carbonyl (C=O) groups is 1. The van der Waals surface area contributed by atoms with Crippen molar-refractivity contribution >= 4 is 5.91 Å². The van der Waals surface area contributed by atoms with Gasteiger partial charge in [0.05, 0.1) is 19.7 Å². The van der Waals surface area contributed by atoms with Crippen LogP contribution in [0.4, 0.5) is 0 Å². The van der Waals surface area contributed by atoms with Crippen LogP contribution in [-0.2, 0) is 13.1 Å². The number of aromatic nitrogens is 1. The first kappa shape index (κ1) is 24.2. The van der Waals surface area contributed by atoms with Crippen molar-refractivity contribution in [1.82, 2.24) is 15.2 Å². The van der Waals surface area contributed by atoms with Crippen LogP contribution in [-0.4, -0.2) is 22.9 Å². The zero-order valence-electron chi connectivity index (χ0n) is 20.3. The van der Waals surface area contributed by atoms with Crippen molar-refractivity contribution in [3.8, 4) is 5.75 Å². The average Bonchev–Trinajstić information content (AvgIpc) is 3.38. The van der Waals surface area contributed by atoms with E-state index in [1.807, 2.05) is 73.7 Å². The van der Waals surface area contributed by atoms with E-state index in [4.69, 9.17) is 9.15 Å². The van der Waals surface area contributed by atoms with E-state index >= 15 is 0 Å². The first-order valence-corrected chi connectivity index (χ1v) is 11.8. The number of ether oxygens (including phenoxy) is 1. The molecule has 0 aliphatic heterocycles. The fourth-order valence-electron chi connectivity index (χ4n) is 4.03. The lowest BCUT2D eigenvalue weighted by Gasteiger charge is -2.28. The quantitative estimate of drug-likeness (QED) is 0.311. The summed E-state index contributed by atoms with van der Waals surface area (Å²) in [5.74, 6) is 1.05. The van der Waals surface area contributed by atoms with Gasteiger partial charge in [0.15, 0.2) is 5.69 Å². The number of rotatable bonds is 10. The molecule has 6 nitrogen and oxygen atoms in total. The third kappa shape index (κ3) is 6.37.